The summed E-state index contributed by atoms with van der Waals surface area (Å²) in [5.41, 5.74) is -1.05. The molecule has 2 aliphatic carbocycles. The molecule has 0 saturated heterocycles. The van der Waals surface area contributed by atoms with Crippen LogP contribution in [0.4, 0.5) is 0 Å². The third kappa shape index (κ3) is 2.65. The number of benzene rings is 1. The Bertz CT molecular complexity index is 880. The maximum Gasteiger partial charge on any atom is 0.303 e. The van der Waals surface area contributed by atoms with Gasteiger partial charge >= 0.3 is 5.97 Å². The average molecular weight is 416 g/mol. The third-order valence-electron chi connectivity index (χ3n) is 7.21. The van der Waals surface area contributed by atoms with Crippen molar-refractivity contribution in [2.24, 2.45) is 11.3 Å². The SMILES string of the molecule is C=CC[C@]12C[C@@H](OC)C(=O)[C@](OC)([C@H](c3ccc4c(c3)OCO4)[C@H]1C)[C@@H]2OC(C)=O. The van der Waals surface area contributed by atoms with E-state index in [0.29, 0.717) is 24.3 Å². The number of carbonyl (C=O) groups excluding carboxylic acids is 2. The number of rotatable bonds is 6. The highest BCUT2D eigenvalue weighted by Crippen LogP contribution is 2.66. The Kier molecular flexibility index (Phi) is 5.14. The first-order valence-electron chi connectivity index (χ1n) is 10.2. The fourth-order valence-electron chi connectivity index (χ4n) is 5.98. The van der Waals surface area contributed by atoms with Crippen LogP contribution in [0.5, 0.6) is 11.5 Å². The molecule has 0 amide bonds. The quantitative estimate of drug-likeness (QED) is 0.521. The van der Waals surface area contributed by atoms with Gasteiger partial charge in [-0.15, -0.1) is 6.58 Å². The van der Waals surface area contributed by atoms with Crippen molar-refractivity contribution in [2.75, 3.05) is 21.0 Å². The topological polar surface area (TPSA) is 80.3 Å². The number of allylic oxidation sites excluding steroid dienone is 1. The van der Waals surface area contributed by atoms with Crippen LogP contribution >= 0.6 is 0 Å². The van der Waals surface area contributed by atoms with Gasteiger partial charge in [-0.25, -0.2) is 0 Å². The first kappa shape index (κ1) is 20.9. The van der Waals surface area contributed by atoms with Gasteiger partial charge in [-0.2, -0.15) is 0 Å². The first-order chi connectivity index (χ1) is 14.4. The van der Waals surface area contributed by atoms with Crippen LogP contribution in [0.3, 0.4) is 0 Å². The number of carbonyl (C=O) groups is 2. The molecule has 0 radical (unpaired) electrons. The molecule has 6 atom stereocenters. The van der Waals surface area contributed by atoms with Crippen molar-refractivity contribution in [3.8, 4) is 11.5 Å². The monoisotopic (exact) mass is 416 g/mol. The second-order valence-corrected chi connectivity index (χ2v) is 8.38. The van der Waals surface area contributed by atoms with Gasteiger partial charge in [0.15, 0.2) is 22.9 Å². The largest absolute Gasteiger partial charge is 0.458 e. The highest BCUT2D eigenvalue weighted by atomic mass is 16.7. The Morgan fingerprint density at radius 2 is 2.03 bits per heavy atom. The maximum atomic E-state index is 13.7. The highest BCUT2D eigenvalue weighted by molar-refractivity contribution is 5.96. The summed E-state index contributed by atoms with van der Waals surface area (Å²) in [4.78, 5) is 25.9. The molecule has 7 nitrogen and oxygen atoms in total. The lowest BCUT2D eigenvalue weighted by atomic mass is 9.65. The zero-order valence-corrected chi connectivity index (χ0v) is 17.8. The maximum absolute atomic E-state index is 13.7. The summed E-state index contributed by atoms with van der Waals surface area (Å²) in [6.07, 6.45) is 1.40. The first-order valence-corrected chi connectivity index (χ1v) is 10.2. The van der Waals surface area contributed by atoms with Crippen molar-refractivity contribution in [3.05, 3.63) is 36.4 Å². The summed E-state index contributed by atoms with van der Waals surface area (Å²) in [7, 11) is 3.03. The van der Waals surface area contributed by atoms with E-state index in [1.807, 2.05) is 24.3 Å². The van der Waals surface area contributed by atoms with Crippen LogP contribution in [0.25, 0.3) is 0 Å². The Morgan fingerprint density at radius 1 is 1.30 bits per heavy atom. The van der Waals surface area contributed by atoms with E-state index in [1.54, 1.807) is 0 Å². The van der Waals surface area contributed by atoms with E-state index in [2.05, 4.69) is 13.5 Å². The third-order valence-corrected chi connectivity index (χ3v) is 7.21. The molecule has 1 aliphatic heterocycles. The van der Waals surface area contributed by atoms with Crippen molar-refractivity contribution in [3.63, 3.8) is 0 Å². The van der Waals surface area contributed by atoms with Crippen LogP contribution in [0, 0.1) is 11.3 Å². The molecular formula is C23H28O7. The van der Waals surface area contributed by atoms with E-state index in [-0.39, 0.29) is 24.4 Å². The van der Waals surface area contributed by atoms with Gasteiger partial charge in [-0.05, 0) is 36.5 Å². The van der Waals surface area contributed by atoms with Gasteiger partial charge in [0.05, 0.1) is 0 Å². The number of hydrogen-bond acceptors (Lipinski definition) is 7. The van der Waals surface area contributed by atoms with Gasteiger partial charge in [0.1, 0.15) is 12.2 Å². The lowest BCUT2D eigenvalue weighted by molar-refractivity contribution is -0.201. The Labute approximate surface area is 176 Å². The van der Waals surface area contributed by atoms with Gasteiger partial charge in [0.2, 0.25) is 6.79 Å². The fraction of sp³-hybridized carbons (Fsp3) is 0.565. The number of esters is 1. The molecule has 3 aliphatic rings. The number of ether oxygens (including phenoxy) is 5. The molecule has 1 aromatic carbocycles. The van der Waals surface area contributed by atoms with Gasteiger partial charge in [0.25, 0.3) is 0 Å². The Balaban J connectivity index is 1.94. The molecule has 4 rings (SSSR count). The summed E-state index contributed by atoms with van der Waals surface area (Å²) in [5.74, 6) is 0.211. The average Bonchev–Trinajstić information content (AvgIpc) is 3.24. The van der Waals surface area contributed by atoms with E-state index in [0.717, 1.165) is 5.56 Å². The van der Waals surface area contributed by atoms with Crippen LogP contribution in [0.1, 0.15) is 38.2 Å². The van der Waals surface area contributed by atoms with E-state index in [9.17, 15) is 9.59 Å². The van der Waals surface area contributed by atoms with Crippen LogP contribution in [0.2, 0.25) is 0 Å². The summed E-state index contributed by atoms with van der Waals surface area (Å²) in [6, 6.07) is 5.67. The predicted molar refractivity (Wildman–Crippen MR) is 107 cm³/mol. The minimum Gasteiger partial charge on any atom is -0.458 e. The minimum atomic E-state index is -1.37. The van der Waals surface area contributed by atoms with Gasteiger partial charge in [0, 0.05) is 32.5 Å². The van der Waals surface area contributed by atoms with Crippen molar-refractivity contribution >= 4 is 11.8 Å². The zero-order valence-electron chi connectivity index (χ0n) is 17.8. The standard InChI is InChI=1S/C23H28O7/c1-6-9-22-11-18(26-4)20(25)23(27-5,21(22)30-14(3)24)19(13(22)2)15-7-8-16-17(10-15)29-12-28-16/h6-8,10,13,18-19,21H,1,9,11-12H2,2-5H3/t13-,18-,19+,21-,22+,23-/m1/s1. The number of fused-ring (bicyclic) bond motifs is 3. The van der Waals surface area contributed by atoms with E-state index in [1.165, 1.54) is 21.1 Å². The second-order valence-electron chi connectivity index (χ2n) is 8.38. The normalized spacial score (nSPS) is 36.6. The smallest absolute Gasteiger partial charge is 0.303 e. The summed E-state index contributed by atoms with van der Waals surface area (Å²) >= 11 is 0. The Morgan fingerprint density at radius 3 is 2.67 bits per heavy atom. The lowest BCUT2D eigenvalue weighted by Gasteiger charge is -2.48. The molecule has 2 bridgehead atoms. The number of methoxy groups -OCH3 is 2. The van der Waals surface area contributed by atoms with Crippen molar-refractivity contribution in [1.82, 2.24) is 0 Å². The molecule has 7 heteroatoms. The van der Waals surface area contributed by atoms with E-state index >= 15 is 0 Å². The molecule has 2 fully saturated rings. The van der Waals surface area contributed by atoms with Crippen molar-refractivity contribution in [1.29, 1.82) is 0 Å². The van der Waals surface area contributed by atoms with E-state index in [4.69, 9.17) is 23.7 Å². The minimum absolute atomic E-state index is 0.0655. The molecule has 0 unspecified atom stereocenters. The van der Waals surface area contributed by atoms with Gasteiger partial charge < -0.3 is 23.7 Å². The molecule has 0 aromatic heterocycles. The van der Waals surface area contributed by atoms with Crippen LogP contribution in [0.15, 0.2) is 30.9 Å². The molecule has 1 aromatic rings. The summed E-state index contributed by atoms with van der Waals surface area (Å²) in [6.45, 7) is 7.54. The molecule has 0 N–H and O–H groups in total. The van der Waals surface area contributed by atoms with Crippen LogP contribution in [-0.2, 0) is 23.8 Å². The van der Waals surface area contributed by atoms with E-state index < -0.39 is 29.2 Å². The fourth-order valence-corrected chi connectivity index (χ4v) is 5.98. The second kappa shape index (κ2) is 7.39. The van der Waals surface area contributed by atoms with Gasteiger partial charge in [-0.3, -0.25) is 9.59 Å². The highest BCUT2D eigenvalue weighted by Gasteiger charge is 2.75. The predicted octanol–water partition coefficient (Wildman–Crippen LogP) is 3.02. The lowest BCUT2D eigenvalue weighted by Crippen LogP contribution is -2.64. The Hall–Kier alpha value is -2.38. The summed E-state index contributed by atoms with van der Waals surface area (Å²) in [5, 5.41) is 0. The number of Topliss-reactive ketones (excluding diaryl/α,β-unsaturated/α-hetero) is 1. The molecule has 30 heavy (non-hydrogen) atoms. The zero-order chi connectivity index (χ0) is 21.7. The van der Waals surface area contributed by atoms with Crippen molar-refractivity contribution < 1.29 is 33.3 Å². The molecule has 162 valence electrons. The summed E-state index contributed by atoms with van der Waals surface area (Å²) < 4.78 is 28.5. The van der Waals surface area contributed by atoms with Gasteiger partial charge in [-0.1, -0.05) is 19.1 Å². The number of hydrogen-bond donors (Lipinski definition) is 0. The molecule has 1 heterocycles. The van der Waals surface area contributed by atoms with Crippen LogP contribution < -0.4 is 9.47 Å². The van der Waals surface area contributed by atoms with Crippen LogP contribution in [-0.4, -0.2) is 50.6 Å². The molecule has 0 spiro atoms. The molecular weight excluding hydrogens is 388 g/mol. The van der Waals surface area contributed by atoms with Crippen molar-refractivity contribution in [2.45, 2.75) is 50.4 Å². The number of ketones is 1. The molecule has 2 saturated carbocycles.